The highest BCUT2D eigenvalue weighted by molar-refractivity contribution is 7.11. The first kappa shape index (κ1) is 47.7. The fourth-order valence-electron chi connectivity index (χ4n) is 11.6. The summed E-state index contributed by atoms with van der Waals surface area (Å²) in [5.74, 6) is 4.93. The topological polar surface area (TPSA) is 64.6 Å². The minimum Gasteiger partial charge on any atom is -0.485 e. The minimum absolute atomic E-state index is 0.0278. The van der Waals surface area contributed by atoms with Crippen LogP contribution in [-0.2, 0) is 6.42 Å². The smallest absolute Gasteiger partial charge is 0.165 e. The van der Waals surface area contributed by atoms with E-state index in [0.29, 0.717) is 34.7 Å². The predicted octanol–water partition coefficient (Wildman–Crippen LogP) is 14.9. The molecule has 6 aromatic carbocycles. The molecule has 0 bridgehead atoms. The maximum Gasteiger partial charge on any atom is 0.165 e. The molecular formula is C56H64O7P4. The van der Waals surface area contributed by atoms with Crippen LogP contribution in [0.25, 0.3) is 0 Å². The highest BCUT2D eigenvalue weighted by atomic mass is 31.0. The Morgan fingerprint density at radius 1 is 0.418 bits per heavy atom. The van der Waals surface area contributed by atoms with Crippen LogP contribution < -0.4 is 32.3 Å². The molecule has 67 heavy (non-hydrogen) atoms. The molecule has 0 amide bonds. The van der Waals surface area contributed by atoms with Crippen molar-refractivity contribution in [3.8, 4) is 40.2 Å². The van der Waals surface area contributed by atoms with E-state index in [1.165, 1.54) is 61.2 Å². The molecule has 3 heterocycles. The standard InChI is InChI=1S/C56H64O7P4/c1-26-12-14-37(20-28(26)3)52-34(9)22-41-30(5)18-31(6)46(55(41)58-52)49-35(10)54(38-15-13-27(2)29(4)21-38)59-56-47(49)32(7)19-33(8)48(56)50-36(11)53(39-16-17-42(61-65)43(23-39)62-66)57-44-24-40(60-64)25-45(63-67)51(44)50/h12-21,23-25,34-36,49-50,52-54H,22,64-67H2,1-11H3. The van der Waals surface area contributed by atoms with Crippen LogP contribution in [0.3, 0.4) is 0 Å². The Labute approximate surface area is 406 Å². The zero-order valence-electron chi connectivity index (χ0n) is 40.5. The van der Waals surface area contributed by atoms with Crippen LogP contribution in [0.5, 0.6) is 40.2 Å². The summed E-state index contributed by atoms with van der Waals surface area (Å²) >= 11 is 0. The van der Waals surface area contributed by atoms with Gasteiger partial charge in [0.1, 0.15) is 47.1 Å². The number of fused-ring (bicyclic) bond motifs is 3. The molecule has 6 aromatic rings. The molecule has 0 saturated carbocycles. The van der Waals surface area contributed by atoms with Gasteiger partial charge in [0.2, 0.25) is 0 Å². The average Bonchev–Trinajstić information content (AvgIpc) is 3.31. The van der Waals surface area contributed by atoms with Crippen molar-refractivity contribution in [2.75, 3.05) is 0 Å². The molecule has 0 N–H and O–H groups in total. The summed E-state index contributed by atoms with van der Waals surface area (Å²) in [6.45, 7) is 24.8. The van der Waals surface area contributed by atoms with Crippen molar-refractivity contribution in [1.29, 1.82) is 0 Å². The van der Waals surface area contributed by atoms with E-state index in [0.717, 1.165) is 45.7 Å². The number of aryl methyl sites for hydroxylation is 8. The Morgan fingerprint density at radius 2 is 0.910 bits per heavy atom. The molecule has 12 atom stereocenters. The van der Waals surface area contributed by atoms with Crippen molar-refractivity contribution in [2.24, 2.45) is 17.8 Å². The number of ether oxygens (including phenoxy) is 3. The van der Waals surface area contributed by atoms with E-state index in [-0.39, 0.29) is 35.9 Å². The predicted molar refractivity (Wildman–Crippen MR) is 283 cm³/mol. The summed E-state index contributed by atoms with van der Waals surface area (Å²) in [6.07, 6.45) is 0.169. The van der Waals surface area contributed by atoms with Crippen LogP contribution in [0.4, 0.5) is 0 Å². The third-order valence-electron chi connectivity index (χ3n) is 15.3. The van der Waals surface area contributed by atoms with Crippen LogP contribution in [0.1, 0.15) is 140 Å². The molecule has 0 aromatic heterocycles. The maximum absolute atomic E-state index is 7.75. The third kappa shape index (κ3) is 8.29. The molecular weight excluding hydrogens is 909 g/mol. The van der Waals surface area contributed by atoms with E-state index in [1.54, 1.807) is 0 Å². The Kier molecular flexibility index (Phi) is 13.4. The van der Waals surface area contributed by atoms with Crippen LogP contribution >= 0.6 is 37.9 Å². The summed E-state index contributed by atoms with van der Waals surface area (Å²) in [6, 6.07) is 28.3. The SMILES string of the molecule is Cc1ccc(C2Oc3c(c(C)cc(C)c3C3c4c(C)cc(C)c(C5c6c(OP)cc(OP)cc6OC(c6ccc(OP)c(OP)c6)C5C)c4OC(c4ccc(C)c(C)c4)C3C)CC2C)cc1C. The van der Waals surface area contributed by atoms with E-state index in [9.17, 15) is 0 Å². The van der Waals surface area contributed by atoms with Crippen LogP contribution in [0.15, 0.2) is 78.9 Å². The maximum atomic E-state index is 7.75. The third-order valence-corrected chi connectivity index (χ3v) is 16.3. The molecule has 0 saturated heterocycles. The van der Waals surface area contributed by atoms with Gasteiger partial charge in [0.25, 0.3) is 0 Å². The molecule has 0 fully saturated rings. The number of benzene rings is 6. The second-order valence-electron chi connectivity index (χ2n) is 19.6. The Balaban J connectivity index is 1.32. The fraction of sp³-hybridized carbons (Fsp3) is 0.357. The molecule has 3 aliphatic heterocycles. The number of hydrogen-bond donors (Lipinski definition) is 0. The molecule has 11 heteroatoms. The van der Waals surface area contributed by atoms with E-state index < -0.39 is 6.10 Å². The lowest BCUT2D eigenvalue weighted by Crippen LogP contribution is -2.34. The zero-order chi connectivity index (χ0) is 47.7. The molecule has 9 rings (SSSR count). The quantitative estimate of drug-likeness (QED) is 0.134. The van der Waals surface area contributed by atoms with Gasteiger partial charge in [-0.1, -0.05) is 75.4 Å². The lowest BCUT2D eigenvalue weighted by atomic mass is 9.67. The van der Waals surface area contributed by atoms with Crippen molar-refractivity contribution in [3.63, 3.8) is 0 Å². The normalized spacial score (nSPS) is 22.9. The van der Waals surface area contributed by atoms with E-state index in [2.05, 4.69) is 169 Å². The van der Waals surface area contributed by atoms with Gasteiger partial charge in [-0.05, 0) is 141 Å². The first-order chi connectivity index (χ1) is 32.1. The van der Waals surface area contributed by atoms with Crippen LogP contribution in [0, 0.1) is 73.1 Å². The Hall–Kier alpha value is -4.36. The minimum atomic E-state index is -0.401. The lowest BCUT2D eigenvalue weighted by Gasteiger charge is -2.45. The summed E-state index contributed by atoms with van der Waals surface area (Å²) < 4.78 is 45.7. The van der Waals surface area contributed by atoms with Crippen molar-refractivity contribution in [1.82, 2.24) is 0 Å². The highest BCUT2D eigenvalue weighted by Gasteiger charge is 2.48. The van der Waals surface area contributed by atoms with Gasteiger partial charge < -0.3 is 32.3 Å². The van der Waals surface area contributed by atoms with Crippen LogP contribution in [0.2, 0.25) is 0 Å². The second kappa shape index (κ2) is 18.9. The first-order valence-electron chi connectivity index (χ1n) is 23.3. The fourth-order valence-corrected chi connectivity index (χ4v) is 12.3. The van der Waals surface area contributed by atoms with Gasteiger partial charge in [0.15, 0.2) is 11.5 Å². The van der Waals surface area contributed by atoms with Gasteiger partial charge in [0, 0.05) is 64.0 Å². The first-order valence-corrected chi connectivity index (χ1v) is 25.2. The number of hydrogen-bond acceptors (Lipinski definition) is 7. The Bertz CT molecular complexity index is 2910. The summed E-state index contributed by atoms with van der Waals surface area (Å²) in [5.41, 5.74) is 19.0. The van der Waals surface area contributed by atoms with Crippen molar-refractivity contribution >= 4 is 37.9 Å². The number of rotatable bonds is 9. The summed E-state index contributed by atoms with van der Waals surface area (Å²) in [4.78, 5) is 0. The van der Waals surface area contributed by atoms with Gasteiger partial charge in [-0.3, -0.25) is 0 Å². The zero-order valence-corrected chi connectivity index (χ0v) is 45.1. The molecule has 350 valence electrons. The van der Waals surface area contributed by atoms with E-state index in [1.807, 2.05) is 24.3 Å². The van der Waals surface area contributed by atoms with Gasteiger partial charge in [-0.2, -0.15) is 0 Å². The lowest BCUT2D eigenvalue weighted by molar-refractivity contribution is 0.0926. The Morgan fingerprint density at radius 3 is 1.48 bits per heavy atom. The van der Waals surface area contributed by atoms with E-state index >= 15 is 0 Å². The van der Waals surface area contributed by atoms with Gasteiger partial charge >= 0.3 is 0 Å². The second-order valence-corrected chi connectivity index (χ2v) is 20.5. The van der Waals surface area contributed by atoms with Crippen LogP contribution in [-0.4, -0.2) is 0 Å². The molecule has 0 aliphatic carbocycles. The van der Waals surface area contributed by atoms with Gasteiger partial charge in [-0.25, -0.2) is 0 Å². The highest BCUT2D eigenvalue weighted by Crippen LogP contribution is 2.62. The monoisotopic (exact) mass is 972 g/mol. The summed E-state index contributed by atoms with van der Waals surface area (Å²) in [5, 5.41) is 0. The summed E-state index contributed by atoms with van der Waals surface area (Å²) in [7, 11) is 9.50. The van der Waals surface area contributed by atoms with Gasteiger partial charge in [0.05, 0.1) is 37.9 Å². The van der Waals surface area contributed by atoms with Gasteiger partial charge in [-0.15, -0.1) is 0 Å². The van der Waals surface area contributed by atoms with Crippen molar-refractivity contribution < 1.29 is 32.3 Å². The molecule has 0 radical (unpaired) electrons. The molecule has 0 spiro atoms. The largest absolute Gasteiger partial charge is 0.485 e. The van der Waals surface area contributed by atoms with E-state index in [4.69, 9.17) is 32.3 Å². The van der Waals surface area contributed by atoms with Crippen molar-refractivity contribution in [2.45, 2.75) is 113 Å². The molecule has 3 aliphatic rings. The molecule has 12 unspecified atom stereocenters. The van der Waals surface area contributed by atoms with Crippen molar-refractivity contribution in [3.05, 3.63) is 168 Å². The molecule has 7 nitrogen and oxygen atoms in total. The average molecular weight is 973 g/mol.